The molecule has 3 aliphatic heterocycles. The fraction of sp³-hybridized carbons (Fsp3) is 0.455. The number of carbonyl (C=O) groups is 2. The summed E-state index contributed by atoms with van der Waals surface area (Å²) in [4.78, 5) is 64.0. The van der Waals surface area contributed by atoms with Gasteiger partial charge in [-0.1, -0.05) is 106 Å². The number of alkyl halides is 1. The van der Waals surface area contributed by atoms with Crippen LogP contribution < -0.4 is 22.3 Å². The molecule has 75 heavy (non-hydrogen) atoms. The van der Waals surface area contributed by atoms with Gasteiger partial charge in [0.2, 0.25) is 17.5 Å². The van der Waals surface area contributed by atoms with Gasteiger partial charge in [-0.2, -0.15) is 4.98 Å². The summed E-state index contributed by atoms with van der Waals surface area (Å²) in [5, 5.41) is 4.25. The summed E-state index contributed by atoms with van der Waals surface area (Å²) in [5.41, 5.74) is -3.04. The summed E-state index contributed by atoms with van der Waals surface area (Å²) in [5.74, 6) is -1.16. The number of ether oxygens (including phenoxy) is 1. The van der Waals surface area contributed by atoms with Gasteiger partial charge in [0.1, 0.15) is 30.0 Å². The average Bonchev–Trinajstić information content (AvgIpc) is 4.11. The number of thiol groups is 1. The number of fused-ring (bicyclic) bond motifs is 5. The number of amides is 2. The van der Waals surface area contributed by atoms with E-state index < -0.39 is 92.2 Å². The van der Waals surface area contributed by atoms with E-state index in [0.717, 1.165) is 11.4 Å². The Morgan fingerprint density at radius 1 is 1.01 bits per heavy atom. The molecule has 4 aromatic heterocycles. The third kappa shape index (κ3) is 12.4. The molecule has 9 rings (SSSR count). The second kappa shape index (κ2) is 22.8. The molecule has 2 aromatic carbocycles. The number of anilines is 2. The molecule has 0 aliphatic carbocycles. The predicted octanol–water partition coefficient (Wildman–Crippen LogP) is 10.5. The fourth-order valence-corrected chi connectivity index (χ4v) is 17.4. The van der Waals surface area contributed by atoms with E-state index >= 15 is 4.39 Å². The average molecular weight is 1210 g/mol. The number of nitrogens with one attached hydrogen (secondary N) is 3. The number of imidazole rings is 2. The van der Waals surface area contributed by atoms with Crippen LogP contribution in [-0.4, -0.2) is 108 Å². The Balaban J connectivity index is 0.00000747. The highest BCUT2D eigenvalue weighted by Gasteiger charge is 2.56. The van der Waals surface area contributed by atoms with Crippen LogP contribution in [0.5, 0.6) is 0 Å². The quantitative estimate of drug-likeness (QED) is 0.0458. The lowest BCUT2D eigenvalue weighted by atomic mass is 10.1. The summed E-state index contributed by atoms with van der Waals surface area (Å²) in [6.07, 6.45) is -4.55. The van der Waals surface area contributed by atoms with Crippen molar-refractivity contribution in [2.24, 2.45) is 5.92 Å². The van der Waals surface area contributed by atoms with Crippen molar-refractivity contribution < 1.29 is 45.8 Å². The Bertz CT molecular complexity index is 3270. The number of carbonyl (C=O) groups excluding carboxylic acids is 2. The SMILES string of the molecule is CC(C)C(=O)Nc1nc2c(ncn2[C@@H]2S[C@@H]3COP(=S)(SCc4ccc(Cl)cc4Cl)O[C@H]4[C@H](F)[C@H](n5cnc6c(NC(=O)c7ccccc7)ncnc65)O[C@@H]4COP(=O)(S)O[C@@H]2[C@@H]3O[Si](C)(C)C(C)(C)C)c(=O)[nH]1.N. The van der Waals surface area contributed by atoms with E-state index in [1.54, 1.807) is 66.9 Å². The molecule has 404 valence electrons. The summed E-state index contributed by atoms with van der Waals surface area (Å²) >= 11 is 26.2. The molecule has 31 heteroatoms. The molecule has 2 amide bonds. The summed E-state index contributed by atoms with van der Waals surface area (Å²) in [7, 11) is -2.75. The number of hydrogen-bond donors (Lipinski definition) is 5. The molecule has 0 spiro atoms. The summed E-state index contributed by atoms with van der Waals surface area (Å²) < 4.78 is 75.1. The number of thioether (sulfide) groups is 1. The van der Waals surface area contributed by atoms with Crippen LogP contribution in [0.15, 0.2) is 72.3 Å². The maximum Gasteiger partial charge on any atom is 0.386 e. The maximum absolute atomic E-state index is 17.6. The minimum absolute atomic E-state index is 0. The summed E-state index contributed by atoms with van der Waals surface area (Å²) in [6.45, 7) is 8.41. The molecule has 0 radical (unpaired) electrons. The van der Waals surface area contributed by atoms with E-state index in [1.807, 2.05) is 0 Å². The molecule has 3 saturated heterocycles. The Labute approximate surface area is 459 Å². The number of rotatable bonds is 11. The monoisotopic (exact) mass is 1200 g/mol. The highest BCUT2D eigenvalue weighted by molar-refractivity contribution is 8.67. The van der Waals surface area contributed by atoms with Gasteiger partial charge in [-0.25, -0.2) is 28.9 Å². The van der Waals surface area contributed by atoms with Crippen molar-refractivity contribution in [1.82, 2.24) is 45.2 Å². The molecular weight excluding hydrogens is 1150 g/mol. The Hall–Kier alpha value is -3.34. The first-order chi connectivity index (χ1) is 34.9. The topological polar surface area (TPSA) is 273 Å². The first-order valence-corrected chi connectivity index (χ1v) is 34.6. The number of halogens is 3. The van der Waals surface area contributed by atoms with Crippen LogP contribution in [0.2, 0.25) is 28.2 Å². The zero-order valence-corrected chi connectivity index (χ0v) is 48.9. The van der Waals surface area contributed by atoms with E-state index in [1.165, 1.54) is 35.3 Å². The molecule has 2 bridgehead atoms. The molecule has 3 fully saturated rings. The van der Waals surface area contributed by atoms with Crippen LogP contribution in [0.1, 0.15) is 62.1 Å². The molecule has 6 N–H and O–H groups in total. The minimum Gasteiger partial charge on any atom is -0.410 e. The van der Waals surface area contributed by atoms with Crippen molar-refractivity contribution in [3.8, 4) is 0 Å². The highest BCUT2D eigenvalue weighted by atomic mass is 35.5. The molecule has 6 aromatic rings. The van der Waals surface area contributed by atoms with Crippen molar-refractivity contribution in [2.45, 2.75) is 106 Å². The molecule has 2 unspecified atom stereocenters. The van der Waals surface area contributed by atoms with Crippen molar-refractivity contribution >= 4 is 137 Å². The molecule has 3 aliphatic rings. The number of aromatic nitrogens is 8. The van der Waals surface area contributed by atoms with E-state index in [4.69, 9.17) is 62.3 Å². The number of aromatic amines is 1. The minimum atomic E-state index is -4.51. The molecule has 10 atom stereocenters. The highest BCUT2D eigenvalue weighted by Crippen LogP contribution is 2.67. The third-order valence-corrected chi connectivity index (χ3v) is 26.2. The van der Waals surface area contributed by atoms with Gasteiger partial charge in [0.05, 0.1) is 37.2 Å². The van der Waals surface area contributed by atoms with Crippen LogP contribution in [0.4, 0.5) is 16.2 Å². The smallest absolute Gasteiger partial charge is 0.386 e. The van der Waals surface area contributed by atoms with Gasteiger partial charge in [0.15, 0.2) is 48.9 Å². The van der Waals surface area contributed by atoms with Gasteiger partial charge in [0, 0.05) is 27.3 Å². The molecule has 0 saturated carbocycles. The van der Waals surface area contributed by atoms with Crippen LogP contribution in [0.25, 0.3) is 22.3 Å². The standard InChI is InChI=1S/C44H51Cl2FN10O10P2S4Si.H3N/c1-22(2)38(58)54-43-53-37-31(40(60)55-43)51-21-57(37)42-34-33(67-74(6,7)44(3,4)5)28(73-42)17-63-69(71,72-18-24-13-14-25(45)15-26(24)46)66-32-27(16-62-68(61,70)65-34)64-41(29(32)47)56-20-50-30-35(48-19-49-36(30)56)52-39(59)23-11-9-8-10-12-23;/h8-15,19-22,27-29,32-34,41-42H,16-18H2,1-7H3,(H,61,70)(H,48,49,52,59)(H2,53,54,55,58,60);1H3/t27-,28-,29+,32-,33-,34-,41-,42-,68?,69?;/m1./s1. The third-order valence-electron chi connectivity index (χ3n) is 12.9. The first-order valence-electron chi connectivity index (χ1n) is 23.0. The van der Waals surface area contributed by atoms with Gasteiger partial charge in [-0.15, -0.1) is 11.8 Å². The lowest BCUT2D eigenvalue weighted by Crippen LogP contribution is -2.50. The van der Waals surface area contributed by atoms with Gasteiger partial charge >= 0.3 is 6.80 Å². The number of nitrogens with zero attached hydrogens (tertiary/aromatic N) is 7. The second-order valence-corrected chi connectivity index (χ2v) is 35.4. The van der Waals surface area contributed by atoms with Gasteiger partial charge in [0.25, 0.3) is 11.5 Å². The van der Waals surface area contributed by atoms with Crippen molar-refractivity contribution in [3.63, 3.8) is 0 Å². The maximum atomic E-state index is 17.6. The van der Waals surface area contributed by atoms with Crippen molar-refractivity contribution in [3.05, 3.63) is 99.0 Å². The Morgan fingerprint density at radius 2 is 1.73 bits per heavy atom. The van der Waals surface area contributed by atoms with Gasteiger partial charge in [-0.05, 0) is 59.8 Å². The van der Waals surface area contributed by atoms with Crippen LogP contribution in [-0.2, 0) is 54.2 Å². The molecule has 21 nitrogen and oxygen atoms in total. The molecular formula is C44H54Cl2FN11O10P2S4Si. The summed E-state index contributed by atoms with van der Waals surface area (Å²) in [6, 6.07) is 13.5. The van der Waals surface area contributed by atoms with E-state index in [2.05, 4.69) is 86.7 Å². The second-order valence-electron chi connectivity index (χ2n) is 19.3. The lowest BCUT2D eigenvalue weighted by molar-refractivity contribution is -0.118. The van der Waals surface area contributed by atoms with Gasteiger partial charge in [-0.3, -0.25) is 42.9 Å². The van der Waals surface area contributed by atoms with Gasteiger partial charge < -0.3 is 29.7 Å². The van der Waals surface area contributed by atoms with Crippen LogP contribution in [0, 0.1) is 5.92 Å². The van der Waals surface area contributed by atoms with Crippen molar-refractivity contribution in [1.29, 1.82) is 0 Å². The first kappa shape index (κ1) is 57.8. The normalized spacial score (nSPS) is 27.5. The van der Waals surface area contributed by atoms with E-state index in [0.29, 0.717) is 21.2 Å². The largest absolute Gasteiger partial charge is 0.410 e. The van der Waals surface area contributed by atoms with Crippen LogP contribution >= 0.6 is 71.1 Å². The fourth-order valence-electron chi connectivity index (χ4n) is 7.90. The number of benzene rings is 2. The molecule has 7 heterocycles. The lowest BCUT2D eigenvalue weighted by Gasteiger charge is -2.41. The number of H-pyrrole nitrogens is 1. The zero-order valence-electron chi connectivity index (χ0n) is 41.3. The van der Waals surface area contributed by atoms with Crippen LogP contribution in [0.3, 0.4) is 0 Å². The Kier molecular flexibility index (Phi) is 17.6. The van der Waals surface area contributed by atoms with E-state index in [9.17, 15) is 18.9 Å². The Morgan fingerprint density at radius 3 is 2.44 bits per heavy atom. The number of hydrogen-bond acceptors (Lipinski definition) is 19. The van der Waals surface area contributed by atoms with E-state index in [-0.39, 0.29) is 63.5 Å². The van der Waals surface area contributed by atoms with Crippen molar-refractivity contribution in [2.75, 3.05) is 23.8 Å². The zero-order chi connectivity index (χ0) is 53.1. The predicted molar refractivity (Wildman–Crippen MR) is 298 cm³/mol.